The predicted octanol–water partition coefficient (Wildman–Crippen LogP) is 2.64. The average Bonchev–Trinajstić information content (AvgIpc) is 2.52. The van der Waals surface area contributed by atoms with E-state index >= 15 is 0 Å². The maximum Gasteiger partial charge on any atom is 0.228 e. The van der Waals surface area contributed by atoms with Gasteiger partial charge in [-0.1, -0.05) is 45.0 Å². The topological polar surface area (TPSA) is 40.6 Å². The second-order valence-electron chi connectivity index (χ2n) is 7.35. The highest BCUT2D eigenvalue weighted by atomic mass is 16.2. The van der Waals surface area contributed by atoms with Gasteiger partial charge in [0.2, 0.25) is 11.8 Å². The van der Waals surface area contributed by atoms with Crippen molar-refractivity contribution in [1.82, 2.24) is 9.80 Å². The summed E-state index contributed by atoms with van der Waals surface area (Å²) in [7, 11) is 0. The smallest absolute Gasteiger partial charge is 0.228 e. The van der Waals surface area contributed by atoms with E-state index in [9.17, 15) is 9.59 Å². The molecule has 1 saturated heterocycles. The van der Waals surface area contributed by atoms with E-state index in [0.29, 0.717) is 32.6 Å². The Morgan fingerprint density at radius 2 is 1.57 bits per heavy atom. The summed E-state index contributed by atoms with van der Waals surface area (Å²) in [5.74, 6) is 0.362. The van der Waals surface area contributed by atoms with Crippen LogP contribution in [-0.2, 0) is 16.0 Å². The lowest BCUT2D eigenvalue weighted by Crippen LogP contribution is -2.53. The molecule has 1 aliphatic heterocycles. The van der Waals surface area contributed by atoms with Gasteiger partial charge in [-0.15, -0.1) is 0 Å². The lowest BCUT2D eigenvalue weighted by atomic mass is 9.94. The van der Waals surface area contributed by atoms with E-state index in [1.165, 1.54) is 11.1 Å². The number of benzene rings is 1. The van der Waals surface area contributed by atoms with Crippen molar-refractivity contribution < 1.29 is 9.59 Å². The number of rotatable bonds is 3. The summed E-state index contributed by atoms with van der Waals surface area (Å²) < 4.78 is 0. The molecule has 2 rings (SSSR count). The van der Waals surface area contributed by atoms with Gasteiger partial charge in [0, 0.05) is 38.0 Å². The maximum atomic E-state index is 12.4. The third-order valence-corrected chi connectivity index (χ3v) is 4.43. The van der Waals surface area contributed by atoms with Crippen LogP contribution in [0.4, 0.5) is 0 Å². The molecule has 2 amide bonds. The van der Waals surface area contributed by atoms with Crippen molar-refractivity contribution in [2.24, 2.45) is 5.41 Å². The summed E-state index contributed by atoms with van der Waals surface area (Å²) in [5.41, 5.74) is 2.13. The Labute approximate surface area is 139 Å². The third kappa shape index (κ3) is 4.57. The van der Waals surface area contributed by atoms with Gasteiger partial charge >= 0.3 is 0 Å². The molecule has 4 heteroatoms. The molecule has 0 spiro atoms. The van der Waals surface area contributed by atoms with Crippen LogP contribution in [0.2, 0.25) is 0 Å². The molecular weight excluding hydrogens is 288 g/mol. The maximum absolute atomic E-state index is 12.4. The van der Waals surface area contributed by atoms with Gasteiger partial charge in [-0.25, -0.2) is 0 Å². The van der Waals surface area contributed by atoms with Crippen molar-refractivity contribution in [2.75, 3.05) is 26.2 Å². The molecule has 0 aromatic heterocycles. The molecule has 1 aromatic carbocycles. The highest BCUT2D eigenvalue weighted by Gasteiger charge is 2.30. The normalized spacial score (nSPS) is 15.7. The van der Waals surface area contributed by atoms with Crippen LogP contribution in [0.1, 0.15) is 38.3 Å². The first-order chi connectivity index (χ1) is 10.8. The van der Waals surface area contributed by atoms with Crippen LogP contribution in [0.5, 0.6) is 0 Å². The molecule has 0 radical (unpaired) electrons. The van der Waals surface area contributed by atoms with Gasteiger partial charge in [-0.3, -0.25) is 9.59 Å². The Kier molecular flexibility index (Phi) is 5.45. The number of piperazine rings is 1. The molecule has 0 saturated carbocycles. The number of aryl methyl sites for hydroxylation is 2. The van der Waals surface area contributed by atoms with E-state index in [1.54, 1.807) is 0 Å². The standard InChI is InChI=1S/C19H28N2O2/c1-15-7-5-6-8-16(15)9-10-17(22)20-11-13-21(14-12-20)18(23)19(2,3)4/h5-8H,9-14H2,1-4H3. The minimum atomic E-state index is -0.350. The molecule has 23 heavy (non-hydrogen) atoms. The van der Waals surface area contributed by atoms with Crippen molar-refractivity contribution in [1.29, 1.82) is 0 Å². The van der Waals surface area contributed by atoms with E-state index in [-0.39, 0.29) is 17.2 Å². The van der Waals surface area contributed by atoms with Gasteiger partial charge in [0.25, 0.3) is 0 Å². The second-order valence-corrected chi connectivity index (χ2v) is 7.35. The van der Waals surface area contributed by atoms with Gasteiger partial charge < -0.3 is 9.80 Å². The fourth-order valence-corrected chi connectivity index (χ4v) is 2.92. The molecule has 4 nitrogen and oxygen atoms in total. The number of hydrogen-bond donors (Lipinski definition) is 0. The molecule has 1 fully saturated rings. The molecule has 1 heterocycles. The monoisotopic (exact) mass is 316 g/mol. The van der Waals surface area contributed by atoms with Crippen molar-refractivity contribution in [3.63, 3.8) is 0 Å². The summed E-state index contributed by atoms with van der Waals surface area (Å²) >= 11 is 0. The molecule has 126 valence electrons. The van der Waals surface area contributed by atoms with E-state index in [0.717, 1.165) is 6.42 Å². The highest BCUT2D eigenvalue weighted by Crippen LogP contribution is 2.19. The molecule has 1 aliphatic rings. The molecule has 0 bridgehead atoms. The SMILES string of the molecule is Cc1ccccc1CCC(=O)N1CCN(C(=O)C(C)(C)C)CC1. The zero-order valence-electron chi connectivity index (χ0n) is 14.8. The number of amides is 2. The van der Waals surface area contributed by atoms with Crippen LogP contribution in [0.3, 0.4) is 0 Å². The number of hydrogen-bond acceptors (Lipinski definition) is 2. The number of nitrogens with zero attached hydrogens (tertiary/aromatic N) is 2. The van der Waals surface area contributed by atoms with Crippen LogP contribution >= 0.6 is 0 Å². The Bertz CT molecular complexity index is 567. The lowest BCUT2D eigenvalue weighted by molar-refractivity contribution is -0.144. The fourth-order valence-electron chi connectivity index (χ4n) is 2.92. The van der Waals surface area contributed by atoms with Crippen LogP contribution in [-0.4, -0.2) is 47.8 Å². The predicted molar refractivity (Wildman–Crippen MR) is 92.1 cm³/mol. The van der Waals surface area contributed by atoms with E-state index in [2.05, 4.69) is 19.1 Å². The first-order valence-electron chi connectivity index (χ1n) is 8.40. The van der Waals surface area contributed by atoms with Gasteiger partial charge in [0.05, 0.1) is 0 Å². The molecular formula is C19H28N2O2. The third-order valence-electron chi connectivity index (χ3n) is 4.43. The zero-order valence-corrected chi connectivity index (χ0v) is 14.8. The summed E-state index contributed by atoms with van der Waals surface area (Å²) in [4.78, 5) is 28.4. The van der Waals surface area contributed by atoms with Gasteiger partial charge in [-0.2, -0.15) is 0 Å². The average molecular weight is 316 g/mol. The highest BCUT2D eigenvalue weighted by molar-refractivity contribution is 5.82. The Morgan fingerprint density at radius 3 is 2.13 bits per heavy atom. The van der Waals surface area contributed by atoms with E-state index < -0.39 is 0 Å². The van der Waals surface area contributed by atoms with E-state index in [4.69, 9.17) is 0 Å². The molecule has 0 atom stereocenters. The summed E-state index contributed by atoms with van der Waals surface area (Å²) in [5, 5.41) is 0. The summed E-state index contributed by atoms with van der Waals surface area (Å²) in [6.45, 7) is 10.5. The first kappa shape index (κ1) is 17.5. The second kappa shape index (κ2) is 7.16. The van der Waals surface area contributed by atoms with Crippen molar-refractivity contribution in [3.05, 3.63) is 35.4 Å². The van der Waals surface area contributed by atoms with Crippen molar-refractivity contribution in [3.8, 4) is 0 Å². The van der Waals surface area contributed by atoms with Crippen molar-refractivity contribution >= 4 is 11.8 Å². The summed E-state index contributed by atoms with van der Waals surface area (Å²) in [6, 6.07) is 8.20. The van der Waals surface area contributed by atoms with Gasteiger partial charge in [-0.05, 0) is 24.5 Å². The largest absolute Gasteiger partial charge is 0.339 e. The minimum absolute atomic E-state index is 0.171. The molecule has 1 aromatic rings. The Hall–Kier alpha value is -1.84. The van der Waals surface area contributed by atoms with Crippen LogP contribution < -0.4 is 0 Å². The quantitative estimate of drug-likeness (QED) is 0.860. The fraction of sp³-hybridized carbons (Fsp3) is 0.579. The van der Waals surface area contributed by atoms with Crippen LogP contribution in [0.25, 0.3) is 0 Å². The van der Waals surface area contributed by atoms with Gasteiger partial charge in [0.15, 0.2) is 0 Å². The minimum Gasteiger partial charge on any atom is -0.339 e. The van der Waals surface area contributed by atoms with Crippen molar-refractivity contribution in [2.45, 2.75) is 40.5 Å². The van der Waals surface area contributed by atoms with E-state index in [1.807, 2.05) is 42.7 Å². The number of carbonyl (C=O) groups excluding carboxylic acids is 2. The Balaban J connectivity index is 1.82. The lowest BCUT2D eigenvalue weighted by Gasteiger charge is -2.37. The first-order valence-corrected chi connectivity index (χ1v) is 8.40. The van der Waals surface area contributed by atoms with Crippen LogP contribution in [0.15, 0.2) is 24.3 Å². The zero-order chi connectivity index (χ0) is 17.0. The molecule has 0 unspecified atom stereocenters. The Morgan fingerprint density at radius 1 is 1.00 bits per heavy atom. The molecule has 0 N–H and O–H groups in total. The number of carbonyl (C=O) groups is 2. The van der Waals surface area contributed by atoms with Gasteiger partial charge in [0.1, 0.15) is 0 Å². The molecule has 0 aliphatic carbocycles. The van der Waals surface area contributed by atoms with Crippen LogP contribution in [0, 0.1) is 12.3 Å². The summed E-state index contributed by atoms with van der Waals surface area (Å²) in [6.07, 6.45) is 1.32.